The third-order valence-corrected chi connectivity index (χ3v) is 8.95. The van der Waals surface area contributed by atoms with E-state index in [4.69, 9.17) is 15.0 Å². The summed E-state index contributed by atoms with van der Waals surface area (Å²) in [5.41, 5.74) is 13.3. The van der Waals surface area contributed by atoms with Gasteiger partial charge in [-0.05, 0) is 105 Å². The number of nitrogens with zero attached hydrogens (tertiary/aromatic N) is 5. The van der Waals surface area contributed by atoms with Crippen LogP contribution in [0.5, 0.6) is 0 Å². The molecule has 2 aromatic carbocycles. The maximum absolute atomic E-state index is 5.18. The summed E-state index contributed by atoms with van der Waals surface area (Å²) in [4.78, 5) is 24.6. The molecule has 246 valence electrons. The lowest BCUT2D eigenvalue weighted by atomic mass is 9.86. The Morgan fingerprint density at radius 1 is 0.320 bits per heavy atom. The van der Waals surface area contributed by atoms with E-state index >= 15 is 0 Å². The van der Waals surface area contributed by atoms with Crippen molar-refractivity contribution in [1.29, 1.82) is 0 Å². The fourth-order valence-corrected chi connectivity index (χ4v) is 5.99. The van der Waals surface area contributed by atoms with Gasteiger partial charge in [0.25, 0.3) is 0 Å². The van der Waals surface area contributed by atoms with E-state index in [0.29, 0.717) is 0 Å². The molecule has 0 atom stereocenters. The summed E-state index contributed by atoms with van der Waals surface area (Å²) < 4.78 is 0. The monoisotopic (exact) mass is 651 g/mol. The van der Waals surface area contributed by atoms with Crippen LogP contribution in [0.15, 0.2) is 140 Å². The van der Waals surface area contributed by atoms with Gasteiger partial charge in [-0.2, -0.15) is 0 Å². The van der Waals surface area contributed by atoms with Gasteiger partial charge in [-0.3, -0.25) is 9.97 Å². The van der Waals surface area contributed by atoms with Crippen LogP contribution in [0.3, 0.4) is 0 Å². The van der Waals surface area contributed by atoms with E-state index in [0.717, 1.165) is 67.8 Å². The highest BCUT2D eigenvalue weighted by Crippen LogP contribution is 2.34. The van der Waals surface area contributed by atoms with Crippen molar-refractivity contribution in [2.45, 2.75) is 52.4 Å². The minimum atomic E-state index is 0.0725. The van der Waals surface area contributed by atoms with Gasteiger partial charge >= 0.3 is 0 Å². The average Bonchev–Trinajstić information content (AvgIpc) is 3.14. The van der Waals surface area contributed by atoms with Crippen molar-refractivity contribution in [1.82, 2.24) is 24.9 Å². The third-order valence-electron chi connectivity index (χ3n) is 8.95. The van der Waals surface area contributed by atoms with Crippen LogP contribution in [-0.2, 0) is 10.8 Å². The van der Waals surface area contributed by atoms with Crippen molar-refractivity contribution in [2.75, 3.05) is 0 Å². The molecule has 7 rings (SSSR count). The summed E-state index contributed by atoms with van der Waals surface area (Å²) in [5.74, 6) is 0. The third kappa shape index (κ3) is 7.13. The number of hydrogen-bond donors (Lipinski definition) is 0. The molecule has 5 aromatic heterocycles. The molecular weight excluding hydrogens is 611 g/mol. The Balaban J connectivity index is 1.34. The van der Waals surface area contributed by atoms with Crippen LogP contribution in [0.25, 0.3) is 67.8 Å². The first-order valence-corrected chi connectivity index (χ1v) is 17.1. The zero-order valence-electron chi connectivity index (χ0n) is 29.5. The fourth-order valence-electron chi connectivity index (χ4n) is 5.99. The van der Waals surface area contributed by atoms with Gasteiger partial charge < -0.3 is 0 Å². The minimum absolute atomic E-state index is 0.0725. The number of hydrogen-bond acceptors (Lipinski definition) is 5. The minimum Gasteiger partial charge on any atom is -0.255 e. The lowest BCUT2D eigenvalue weighted by Gasteiger charge is -2.19. The molecule has 0 N–H and O–H groups in total. The average molecular weight is 652 g/mol. The van der Waals surface area contributed by atoms with Gasteiger partial charge in [0.05, 0.1) is 45.6 Å². The van der Waals surface area contributed by atoms with Crippen molar-refractivity contribution < 1.29 is 0 Å². The molecule has 0 saturated heterocycles. The van der Waals surface area contributed by atoms with Crippen molar-refractivity contribution in [2.24, 2.45) is 0 Å². The van der Waals surface area contributed by atoms with Gasteiger partial charge in [0.2, 0.25) is 0 Å². The topological polar surface area (TPSA) is 64.5 Å². The van der Waals surface area contributed by atoms with Crippen molar-refractivity contribution in [3.63, 3.8) is 0 Å². The van der Waals surface area contributed by atoms with Crippen LogP contribution in [-0.4, -0.2) is 24.9 Å². The lowest BCUT2D eigenvalue weighted by Crippen LogP contribution is -2.10. The van der Waals surface area contributed by atoms with Crippen LogP contribution in [0, 0.1) is 0 Å². The first-order valence-electron chi connectivity index (χ1n) is 17.1. The highest BCUT2D eigenvalue weighted by molar-refractivity contribution is 5.78. The summed E-state index contributed by atoms with van der Waals surface area (Å²) >= 11 is 0. The highest BCUT2D eigenvalue weighted by atomic mass is 14.9. The van der Waals surface area contributed by atoms with Crippen molar-refractivity contribution in [3.05, 3.63) is 151 Å². The summed E-state index contributed by atoms with van der Waals surface area (Å²) in [6, 6.07) is 43.9. The van der Waals surface area contributed by atoms with Crippen LogP contribution in [0.4, 0.5) is 0 Å². The quantitative estimate of drug-likeness (QED) is 0.179. The Morgan fingerprint density at radius 3 is 1.00 bits per heavy atom. The molecule has 5 nitrogen and oxygen atoms in total. The maximum Gasteiger partial charge on any atom is 0.0900 e. The summed E-state index contributed by atoms with van der Waals surface area (Å²) in [6.07, 6.45) is 3.60. The molecule has 0 saturated carbocycles. The predicted octanol–water partition coefficient (Wildman–Crippen LogP) is 11.3. The molecule has 0 radical (unpaired) electrons. The molecule has 0 unspecified atom stereocenters. The first kappa shape index (κ1) is 32.7. The van der Waals surface area contributed by atoms with E-state index in [1.807, 2.05) is 54.6 Å². The van der Waals surface area contributed by atoms with Gasteiger partial charge in [-0.15, -0.1) is 0 Å². The molecule has 0 aliphatic heterocycles. The van der Waals surface area contributed by atoms with Crippen LogP contribution >= 0.6 is 0 Å². The predicted molar refractivity (Wildman–Crippen MR) is 205 cm³/mol. The smallest absolute Gasteiger partial charge is 0.0900 e. The molecule has 50 heavy (non-hydrogen) atoms. The molecule has 0 spiro atoms. The summed E-state index contributed by atoms with van der Waals surface area (Å²) in [5, 5.41) is 0. The van der Waals surface area contributed by atoms with Crippen LogP contribution < -0.4 is 0 Å². The van der Waals surface area contributed by atoms with Gasteiger partial charge in [-0.1, -0.05) is 108 Å². The Morgan fingerprint density at radius 2 is 0.660 bits per heavy atom. The van der Waals surface area contributed by atoms with E-state index in [2.05, 4.69) is 124 Å². The van der Waals surface area contributed by atoms with Crippen LogP contribution in [0.1, 0.15) is 52.7 Å². The molecule has 0 aliphatic carbocycles. The van der Waals surface area contributed by atoms with Gasteiger partial charge in [-0.25, -0.2) is 15.0 Å². The second-order valence-corrected chi connectivity index (χ2v) is 14.7. The zero-order valence-corrected chi connectivity index (χ0v) is 29.5. The first-order chi connectivity index (χ1) is 24.0. The SMILES string of the molecule is CC(C)(C)c1ccc(-c2cc(-c3ccccn3)nc(-c3cccc(-c4cc(-c5ccc(C(C)(C)C)cc5)cc(-c5ccccn5)n4)n3)c2)cc1. The molecular formula is C45H41N5. The number of pyridine rings is 5. The largest absolute Gasteiger partial charge is 0.255 e. The normalized spacial score (nSPS) is 11.8. The molecule has 5 heterocycles. The highest BCUT2D eigenvalue weighted by Gasteiger charge is 2.17. The Kier molecular flexibility index (Phi) is 8.67. The van der Waals surface area contributed by atoms with Gasteiger partial charge in [0.1, 0.15) is 0 Å². The summed E-state index contributed by atoms with van der Waals surface area (Å²) in [7, 11) is 0. The van der Waals surface area contributed by atoms with Crippen molar-refractivity contribution >= 4 is 0 Å². The maximum atomic E-state index is 5.18. The molecule has 7 aromatic rings. The van der Waals surface area contributed by atoms with E-state index in [9.17, 15) is 0 Å². The Hall–Kier alpha value is -5.81. The van der Waals surface area contributed by atoms with Crippen LogP contribution in [0.2, 0.25) is 0 Å². The van der Waals surface area contributed by atoms with Gasteiger partial charge in [0, 0.05) is 12.4 Å². The molecule has 0 bridgehead atoms. The fraction of sp³-hybridized carbons (Fsp3) is 0.178. The molecule has 0 aliphatic rings. The zero-order chi connectivity index (χ0) is 34.9. The van der Waals surface area contributed by atoms with E-state index in [-0.39, 0.29) is 10.8 Å². The second-order valence-electron chi connectivity index (χ2n) is 14.7. The van der Waals surface area contributed by atoms with E-state index in [1.54, 1.807) is 12.4 Å². The van der Waals surface area contributed by atoms with E-state index in [1.165, 1.54) is 11.1 Å². The molecule has 5 heteroatoms. The standard InChI is InChI=1S/C45H41N5/c1-44(2,3)34-20-16-30(17-21-34)32-26-40(36-12-7-9-24-46-36)49-42(28-32)38-14-11-15-39(48-38)43-29-33(27-41(50-43)37-13-8-10-25-47-37)31-18-22-35(23-19-31)45(4,5)6/h7-29H,1-6H3. The van der Waals surface area contributed by atoms with E-state index < -0.39 is 0 Å². The second kappa shape index (κ2) is 13.2. The summed E-state index contributed by atoms with van der Waals surface area (Å²) in [6.45, 7) is 13.4. The number of aromatic nitrogens is 5. The Labute approximate surface area is 295 Å². The van der Waals surface area contributed by atoms with Gasteiger partial charge in [0.15, 0.2) is 0 Å². The number of benzene rings is 2. The number of rotatable bonds is 6. The molecule has 0 fully saturated rings. The Bertz CT molecular complexity index is 2090. The van der Waals surface area contributed by atoms with Crippen molar-refractivity contribution in [3.8, 4) is 67.8 Å². The lowest BCUT2D eigenvalue weighted by molar-refractivity contribution is 0.590. The molecule has 0 amide bonds.